The molecule has 28 heavy (non-hydrogen) atoms. The minimum Gasteiger partial charge on any atom is -0.460 e. The molecule has 2 N–H and O–H groups in total. The number of rotatable bonds is 6. The summed E-state index contributed by atoms with van der Waals surface area (Å²) >= 11 is 0. The van der Waals surface area contributed by atoms with Gasteiger partial charge in [-0.2, -0.15) is 5.10 Å². The zero-order valence-corrected chi connectivity index (χ0v) is 16.1. The van der Waals surface area contributed by atoms with Gasteiger partial charge in [0, 0.05) is 12.7 Å². The lowest BCUT2D eigenvalue weighted by molar-refractivity contribution is 0.0951. The van der Waals surface area contributed by atoms with E-state index in [2.05, 4.69) is 15.7 Å². The summed E-state index contributed by atoms with van der Waals surface area (Å²) in [7, 11) is 0. The Labute approximate surface area is 164 Å². The molecule has 0 spiro atoms. The van der Waals surface area contributed by atoms with Crippen molar-refractivity contribution in [3.05, 3.63) is 60.0 Å². The van der Waals surface area contributed by atoms with E-state index in [1.54, 1.807) is 10.9 Å². The van der Waals surface area contributed by atoms with Crippen molar-refractivity contribution >= 4 is 5.91 Å². The number of carbonyl (C=O) groups is 1. The Hall–Kier alpha value is -2.86. The lowest BCUT2D eigenvalue weighted by Gasteiger charge is -2.22. The second-order valence-electron chi connectivity index (χ2n) is 7.34. The highest BCUT2D eigenvalue weighted by Crippen LogP contribution is 2.25. The fourth-order valence-electron chi connectivity index (χ4n) is 3.65. The molecular weight excluding hydrogens is 352 g/mol. The Balaban J connectivity index is 1.53. The van der Waals surface area contributed by atoms with Gasteiger partial charge in [0.15, 0.2) is 5.76 Å². The molecule has 1 saturated heterocycles. The first-order chi connectivity index (χ1) is 13.7. The van der Waals surface area contributed by atoms with Crippen molar-refractivity contribution in [2.24, 2.45) is 5.92 Å². The molecule has 6 nitrogen and oxygen atoms in total. The quantitative estimate of drug-likeness (QED) is 0.688. The van der Waals surface area contributed by atoms with Gasteiger partial charge in [0.25, 0.3) is 5.91 Å². The van der Waals surface area contributed by atoms with Gasteiger partial charge < -0.3 is 15.1 Å². The summed E-state index contributed by atoms with van der Waals surface area (Å²) in [5.74, 6) is 1.91. The van der Waals surface area contributed by atoms with Crippen LogP contribution in [-0.2, 0) is 0 Å². The number of piperidine rings is 1. The van der Waals surface area contributed by atoms with E-state index >= 15 is 0 Å². The molecule has 0 radical (unpaired) electrons. The zero-order chi connectivity index (χ0) is 19.3. The average Bonchev–Trinajstić information content (AvgIpc) is 3.36. The first-order valence-electron chi connectivity index (χ1n) is 9.91. The van der Waals surface area contributed by atoms with Gasteiger partial charge in [0.2, 0.25) is 0 Å². The monoisotopic (exact) mass is 378 g/mol. The molecule has 146 valence electrons. The lowest BCUT2D eigenvalue weighted by Crippen LogP contribution is -2.33. The van der Waals surface area contributed by atoms with E-state index in [4.69, 9.17) is 4.42 Å². The van der Waals surface area contributed by atoms with Crippen LogP contribution in [0.3, 0.4) is 0 Å². The van der Waals surface area contributed by atoms with Gasteiger partial charge >= 0.3 is 0 Å². The first-order valence-corrected chi connectivity index (χ1v) is 9.91. The zero-order valence-electron chi connectivity index (χ0n) is 16.1. The van der Waals surface area contributed by atoms with Crippen LogP contribution in [0, 0.1) is 12.8 Å². The molecule has 1 atom stereocenters. The van der Waals surface area contributed by atoms with Crippen LogP contribution in [0.1, 0.15) is 35.4 Å². The highest BCUT2D eigenvalue weighted by Gasteiger charge is 2.21. The van der Waals surface area contributed by atoms with Gasteiger partial charge in [-0.25, -0.2) is 4.68 Å². The van der Waals surface area contributed by atoms with E-state index in [1.165, 1.54) is 12.8 Å². The van der Waals surface area contributed by atoms with Crippen molar-refractivity contribution in [2.75, 3.05) is 19.6 Å². The molecule has 1 unspecified atom stereocenters. The van der Waals surface area contributed by atoms with Gasteiger partial charge in [0.1, 0.15) is 11.5 Å². The van der Waals surface area contributed by atoms with Gasteiger partial charge in [-0.3, -0.25) is 4.79 Å². The number of nitrogens with one attached hydrogen (secondary N) is 2. The van der Waals surface area contributed by atoms with Gasteiger partial charge in [-0.15, -0.1) is 0 Å². The normalized spacial score (nSPS) is 16.8. The largest absolute Gasteiger partial charge is 0.460 e. The third-order valence-electron chi connectivity index (χ3n) is 5.19. The van der Waals surface area contributed by atoms with Gasteiger partial charge in [0.05, 0.1) is 11.3 Å². The third kappa shape index (κ3) is 4.17. The molecule has 3 aromatic rings. The summed E-state index contributed by atoms with van der Waals surface area (Å²) in [5, 5.41) is 11.1. The SMILES string of the molecule is Cc1ccc(-c2nn(-c3ccccc3)cc2C(=O)NCCC2CCCNC2)o1. The molecule has 1 aromatic carbocycles. The summed E-state index contributed by atoms with van der Waals surface area (Å²) in [5.41, 5.74) is 1.99. The maximum atomic E-state index is 12.9. The Bertz CT molecular complexity index is 923. The smallest absolute Gasteiger partial charge is 0.255 e. The first kappa shape index (κ1) is 18.5. The van der Waals surface area contributed by atoms with Crippen molar-refractivity contribution in [1.29, 1.82) is 0 Å². The standard InChI is InChI=1S/C22H26N4O2/c1-16-9-10-20(28-16)21-19(15-26(25-21)18-7-3-2-4-8-18)22(27)24-13-11-17-6-5-12-23-14-17/h2-4,7-10,15,17,23H,5-6,11-14H2,1H3,(H,24,27). The van der Waals surface area contributed by atoms with Crippen LogP contribution < -0.4 is 10.6 Å². The summed E-state index contributed by atoms with van der Waals surface area (Å²) in [6, 6.07) is 13.5. The van der Waals surface area contributed by atoms with Crippen LogP contribution >= 0.6 is 0 Å². The molecule has 0 aliphatic carbocycles. The maximum absolute atomic E-state index is 12.9. The predicted molar refractivity (Wildman–Crippen MR) is 109 cm³/mol. The number of nitrogens with zero attached hydrogens (tertiary/aromatic N) is 2. The van der Waals surface area contributed by atoms with Crippen molar-refractivity contribution in [1.82, 2.24) is 20.4 Å². The van der Waals surface area contributed by atoms with Crippen molar-refractivity contribution in [3.63, 3.8) is 0 Å². The Morgan fingerprint density at radius 2 is 2.14 bits per heavy atom. The van der Waals surface area contributed by atoms with E-state index in [-0.39, 0.29) is 5.91 Å². The Morgan fingerprint density at radius 1 is 1.29 bits per heavy atom. The number of amides is 1. The maximum Gasteiger partial charge on any atom is 0.255 e. The molecule has 0 bridgehead atoms. The predicted octanol–water partition coefficient (Wildman–Crippen LogP) is 3.56. The summed E-state index contributed by atoms with van der Waals surface area (Å²) in [4.78, 5) is 12.9. The number of aromatic nitrogens is 2. The lowest BCUT2D eigenvalue weighted by atomic mass is 9.96. The summed E-state index contributed by atoms with van der Waals surface area (Å²) in [6.07, 6.45) is 5.21. The van der Waals surface area contributed by atoms with Crippen molar-refractivity contribution in [2.45, 2.75) is 26.2 Å². The highest BCUT2D eigenvalue weighted by molar-refractivity contribution is 5.99. The van der Waals surface area contributed by atoms with E-state index in [1.807, 2.05) is 49.4 Å². The number of carbonyl (C=O) groups excluding carboxylic acids is 1. The molecule has 4 rings (SSSR count). The average molecular weight is 378 g/mol. The Kier molecular flexibility index (Phi) is 5.58. The molecule has 1 fully saturated rings. The molecular formula is C22H26N4O2. The number of furan rings is 1. The van der Waals surface area contributed by atoms with E-state index in [0.29, 0.717) is 29.5 Å². The van der Waals surface area contributed by atoms with Crippen LogP contribution in [0.15, 0.2) is 53.1 Å². The van der Waals surface area contributed by atoms with E-state index in [9.17, 15) is 4.79 Å². The van der Waals surface area contributed by atoms with Crippen LogP contribution in [0.25, 0.3) is 17.1 Å². The van der Waals surface area contributed by atoms with Gasteiger partial charge in [-0.05, 0) is 69.5 Å². The highest BCUT2D eigenvalue weighted by atomic mass is 16.3. The Morgan fingerprint density at radius 3 is 2.86 bits per heavy atom. The van der Waals surface area contributed by atoms with Crippen molar-refractivity contribution < 1.29 is 9.21 Å². The minimum atomic E-state index is -0.116. The molecule has 6 heteroatoms. The van der Waals surface area contributed by atoms with E-state index in [0.717, 1.165) is 31.0 Å². The third-order valence-corrected chi connectivity index (χ3v) is 5.19. The number of aryl methyl sites for hydroxylation is 1. The molecule has 2 aromatic heterocycles. The van der Waals surface area contributed by atoms with Crippen molar-refractivity contribution in [3.8, 4) is 17.1 Å². The summed E-state index contributed by atoms with van der Waals surface area (Å²) in [6.45, 7) is 4.69. The van der Waals surface area contributed by atoms with Crippen LogP contribution in [-0.4, -0.2) is 35.3 Å². The van der Waals surface area contributed by atoms with Gasteiger partial charge in [-0.1, -0.05) is 18.2 Å². The second-order valence-corrected chi connectivity index (χ2v) is 7.34. The molecule has 3 heterocycles. The van der Waals surface area contributed by atoms with Crippen LogP contribution in [0.5, 0.6) is 0 Å². The fraction of sp³-hybridized carbons (Fsp3) is 0.364. The molecule has 1 aliphatic rings. The fourth-order valence-corrected chi connectivity index (χ4v) is 3.65. The summed E-state index contributed by atoms with van der Waals surface area (Å²) < 4.78 is 7.47. The van der Waals surface area contributed by atoms with Crippen LogP contribution in [0.4, 0.5) is 0 Å². The van der Waals surface area contributed by atoms with E-state index < -0.39 is 0 Å². The number of hydrogen-bond acceptors (Lipinski definition) is 4. The van der Waals surface area contributed by atoms with Crippen LogP contribution in [0.2, 0.25) is 0 Å². The topological polar surface area (TPSA) is 72.1 Å². The number of para-hydroxylation sites is 1. The number of benzene rings is 1. The minimum absolute atomic E-state index is 0.116. The molecule has 1 aliphatic heterocycles. The number of hydrogen-bond donors (Lipinski definition) is 2. The second kappa shape index (κ2) is 8.44. The molecule has 1 amide bonds. The molecule has 0 saturated carbocycles.